The van der Waals surface area contributed by atoms with Crippen LogP contribution >= 0.6 is 0 Å². The molecule has 5 fully saturated rings. The Morgan fingerprint density at radius 2 is 1.95 bits per heavy atom. The first-order chi connectivity index (χ1) is 9.70. The summed E-state index contributed by atoms with van der Waals surface area (Å²) in [6, 6.07) is 0. The highest BCUT2D eigenvalue weighted by atomic mass is 16.6. The Kier molecular flexibility index (Phi) is 1.62. The second kappa shape index (κ2) is 2.74. The fourth-order valence-corrected chi connectivity index (χ4v) is 6.40. The van der Waals surface area contributed by atoms with Crippen LogP contribution in [0, 0.1) is 16.2 Å². The molecule has 21 heavy (non-hydrogen) atoms. The van der Waals surface area contributed by atoms with Crippen LogP contribution in [0.25, 0.3) is 0 Å². The summed E-state index contributed by atoms with van der Waals surface area (Å²) < 4.78 is 17.3. The molecule has 6 nitrogen and oxygen atoms in total. The lowest BCUT2D eigenvalue weighted by Crippen LogP contribution is -2.72. The molecule has 6 heteroatoms. The summed E-state index contributed by atoms with van der Waals surface area (Å²) in [5.41, 5.74) is -3.79. The fraction of sp³-hybridized carbons (Fsp3) is 0.867. The quantitative estimate of drug-likeness (QED) is 0.641. The van der Waals surface area contributed by atoms with Crippen LogP contribution in [0.5, 0.6) is 0 Å². The number of ether oxygens (including phenoxy) is 3. The molecule has 5 aliphatic rings. The zero-order valence-corrected chi connectivity index (χ0v) is 12.3. The number of rotatable bonds is 0. The fourth-order valence-electron chi connectivity index (χ4n) is 6.40. The molecule has 0 aromatic rings. The number of esters is 2. The first kappa shape index (κ1) is 12.4. The SMILES string of the molecule is CC12C(=O)OCC1(C)[C@]13CC(O)[C@@]4(C)O[C@H]2C14CC(=O)O3. The summed E-state index contributed by atoms with van der Waals surface area (Å²) in [5, 5.41) is 10.5. The van der Waals surface area contributed by atoms with Crippen LogP contribution in [0.1, 0.15) is 33.6 Å². The lowest BCUT2D eigenvalue weighted by atomic mass is 9.60. The molecule has 3 aliphatic heterocycles. The molecule has 0 aromatic carbocycles. The monoisotopic (exact) mass is 294 g/mol. The van der Waals surface area contributed by atoms with Gasteiger partial charge in [0.2, 0.25) is 0 Å². The smallest absolute Gasteiger partial charge is 0.315 e. The largest absolute Gasteiger partial charge is 0.464 e. The van der Waals surface area contributed by atoms with E-state index in [1.54, 1.807) is 0 Å². The topological polar surface area (TPSA) is 82.1 Å². The molecule has 0 amide bonds. The van der Waals surface area contributed by atoms with Crippen LogP contribution in [0.4, 0.5) is 0 Å². The van der Waals surface area contributed by atoms with Crippen molar-refractivity contribution in [3.05, 3.63) is 0 Å². The van der Waals surface area contributed by atoms with E-state index >= 15 is 0 Å². The normalized spacial score (nSPS) is 66.3. The highest BCUT2D eigenvalue weighted by Crippen LogP contribution is 2.86. The van der Waals surface area contributed by atoms with Crippen molar-refractivity contribution in [3.8, 4) is 0 Å². The van der Waals surface area contributed by atoms with Crippen molar-refractivity contribution in [3.63, 3.8) is 0 Å². The van der Waals surface area contributed by atoms with Gasteiger partial charge in [-0.05, 0) is 13.8 Å². The average Bonchev–Trinajstić information content (AvgIpc) is 2.92. The van der Waals surface area contributed by atoms with Crippen molar-refractivity contribution in [1.82, 2.24) is 0 Å². The Hall–Kier alpha value is -1.14. The van der Waals surface area contributed by atoms with E-state index in [2.05, 4.69) is 0 Å². The number of fused-ring (bicyclic) bond motifs is 2. The Bertz CT molecular complexity index is 632. The predicted molar refractivity (Wildman–Crippen MR) is 66.9 cm³/mol. The van der Waals surface area contributed by atoms with Gasteiger partial charge in [0.05, 0.1) is 29.5 Å². The number of carbonyl (C=O) groups excluding carboxylic acids is 2. The van der Waals surface area contributed by atoms with E-state index in [4.69, 9.17) is 14.2 Å². The van der Waals surface area contributed by atoms with E-state index in [9.17, 15) is 14.7 Å². The third kappa shape index (κ3) is 0.744. The van der Waals surface area contributed by atoms with E-state index in [-0.39, 0.29) is 25.0 Å². The molecular weight excluding hydrogens is 276 g/mol. The molecule has 7 atom stereocenters. The summed E-state index contributed by atoms with van der Waals surface area (Å²) in [6.45, 7) is 5.86. The van der Waals surface area contributed by atoms with Crippen molar-refractivity contribution in [1.29, 1.82) is 0 Å². The van der Waals surface area contributed by atoms with Gasteiger partial charge in [-0.3, -0.25) is 9.59 Å². The van der Waals surface area contributed by atoms with Crippen molar-refractivity contribution in [2.24, 2.45) is 16.2 Å². The Balaban J connectivity index is 1.85. The summed E-state index contributed by atoms with van der Waals surface area (Å²) >= 11 is 0. The number of aliphatic hydroxyl groups excluding tert-OH is 1. The van der Waals surface area contributed by atoms with Gasteiger partial charge < -0.3 is 19.3 Å². The van der Waals surface area contributed by atoms with Gasteiger partial charge in [0.15, 0.2) is 0 Å². The van der Waals surface area contributed by atoms with Crippen LogP contribution < -0.4 is 0 Å². The molecule has 2 saturated carbocycles. The van der Waals surface area contributed by atoms with Gasteiger partial charge in [0, 0.05) is 6.42 Å². The molecule has 114 valence electrons. The van der Waals surface area contributed by atoms with Crippen LogP contribution in [0.2, 0.25) is 0 Å². The van der Waals surface area contributed by atoms with Crippen LogP contribution in [0.3, 0.4) is 0 Å². The number of carbonyl (C=O) groups is 2. The van der Waals surface area contributed by atoms with Gasteiger partial charge in [0.25, 0.3) is 0 Å². The first-order valence-electron chi connectivity index (χ1n) is 7.45. The van der Waals surface area contributed by atoms with Crippen molar-refractivity contribution in [2.75, 3.05) is 6.61 Å². The minimum absolute atomic E-state index is 0.208. The number of hydrogen-bond donors (Lipinski definition) is 1. The van der Waals surface area contributed by atoms with Gasteiger partial charge in [-0.1, -0.05) is 6.92 Å². The zero-order valence-electron chi connectivity index (χ0n) is 12.3. The van der Waals surface area contributed by atoms with Crippen LogP contribution in [0.15, 0.2) is 0 Å². The molecule has 0 radical (unpaired) electrons. The third-order valence-corrected chi connectivity index (χ3v) is 7.72. The molecule has 1 spiro atoms. The molecule has 2 aliphatic carbocycles. The predicted octanol–water partition coefficient (Wildman–Crippen LogP) is 0.164. The van der Waals surface area contributed by atoms with Gasteiger partial charge in [-0.2, -0.15) is 0 Å². The second-order valence-electron chi connectivity index (χ2n) is 7.88. The maximum atomic E-state index is 12.4. The van der Waals surface area contributed by atoms with Gasteiger partial charge in [-0.25, -0.2) is 0 Å². The van der Waals surface area contributed by atoms with Crippen LogP contribution in [-0.4, -0.2) is 47.1 Å². The molecular formula is C15H18O6. The average molecular weight is 294 g/mol. The van der Waals surface area contributed by atoms with Gasteiger partial charge in [0.1, 0.15) is 23.2 Å². The van der Waals surface area contributed by atoms with Crippen LogP contribution in [-0.2, 0) is 23.8 Å². The lowest BCUT2D eigenvalue weighted by molar-refractivity contribution is -0.334. The Labute approximate surface area is 121 Å². The maximum absolute atomic E-state index is 12.4. The minimum atomic E-state index is -0.866. The van der Waals surface area contributed by atoms with E-state index in [1.807, 2.05) is 20.8 Å². The summed E-state index contributed by atoms with van der Waals surface area (Å²) in [6.07, 6.45) is -0.601. The van der Waals surface area contributed by atoms with Gasteiger partial charge in [-0.15, -0.1) is 0 Å². The summed E-state index contributed by atoms with van der Waals surface area (Å²) in [7, 11) is 0. The molecule has 4 unspecified atom stereocenters. The third-order valence-electron chi connectivity index (χ3n) is 7.72. The highest BCUT2D eigenvalue weighted by Gasteiger charge is 2.99. The second-order valence-corrected chi connectivity index (χ2v) is 7.88. The molecule has 3 heterocycles. The minimum Gasteiger partial charge on any atom is -0.464 e. The van der Waals surface area contributed by atoms with E-state index in [0.717, 1.165) is 0 Å². The molecule has 5 rings (SSSR count). The molecule has 0 bridgehead atoms. The van der Waals surface area contributed by atoms with E-state index < -0.39 is 39.7 Å². The maximum Gasteiger partial charge on any atom is 0.315 e. The molecule has 0 aromatic heterocycles. The van der Waals surface area contributed by atoms with Gasteiger partial charge >= 0.3 is 11.9 Å². The molecule has 3 saturated heterocycles. The highest BCUT2D eigenvalue weighted by molar-refractivity contribution is 5.86. The number of cyclic esters (lactones) is 1. The Morgan fingerprint density at radius 1 is 1.24 bits per heavy atom. The van der Waals surface area contributed by atoms with Crippen molar-refractivity contribution in [2.45, 2.75) is 57.0 Å². The number of aliphatic hydroxyl groups is 1. The number of hydrogen-bond acceptors (Lipinski definition) is 6. The first-order valence-corrected chi connectivity index (χ1v) is 7.45. The Morgan fingerprint density at radius 3 is 2.67 bits per heavy atom. The van der Waals surface area contributed by atoms with E-state index in [0.29, 0.717) is 6.42 Å². The standard InChI is InChI=1S/C15H18O6/c1-11-6-19-10(18)12(11,2)9-14-5-8(17)20-15(11,14)4-7(16)13(14,3)21-9/h7,9,16H,4-6H2,1-3H3/t7?,9-,11?,12?,13-,14?,15-/m1/s1. The lowest BCUT2D eigenvalue weighted by Gasteiger charge is -2.59. The molecule has 1 N–H and O–H groups in total. The van der Waals surface area contributed by atoms with Crippen molar-refractivity contribution >= 4 is 11.9 Å². The zero-order chi connectivity index (χ0) is 15.1. The van der Waals surface area contributed by atoms with E-state index in [1.165, 1.54) is 0 Å². The van der Waals surface area contributed by atoms with Crippen molar-refractivity contribution < 1.29 is 28.9 Å². The summed E-state index contributed by atoms with van der Waals surface area (Å²) in [4.78, 5) is 24.5. The summed E-state index contributed by atoms with van der Waals surface area (Å²) in [5.74, 6) is -0.540.